The predicted octanol–water partition coefficient (Wildman–Crippen LogP) is 7.06. The molecule has 6 rings (SSSR count). The molecule has 154 valence electrons. The van der Waals surface area contributed by atoms with Crippen LogP contribution in [0.2, 0.25) is 0 Å². The Bertz CT molecular complexity index is 1240. The standard InChI is InChI=1S/C14H8O2.C12H9N.2CH4/c15-13-9-5-1-2-6-10(9)14(16)12-8-4-3-7-11(12)13;1-3-7-11-9(5-1)10-6-2-4-8-12(10)13-11;;/h1-8H;1-8,13H;2*1H4. The smallest absolute Gasteiger partial charge is 0.194 e. The molecule has 0 aliphatic heterocycles. The number of H-pyrrole nitrogens is 1. The van der Waals surface area contributed by atoms with Crippen LogP contribution in [-0.2, 0) is 0 Å². The summed E-state index contributed by atoms with van der Waals surface area (Å²) in [6.45, 7) is 0. The van der Waals surface area contributed by atoms with Gasteiger partial charge in [0.05, 0.1) is 0 Å². The van der Waals surface area contributed by atoms with Crippen molar-refractivity contribution in [2.75, 3.05) is 0 Å². The molecule has 1 N–H and O–H groups in total. The summed E-state index contributed by atoms with van der Waals surface area (Å²) in [6, 6.07) is 30.7. The molecule has 3 heteroatoms. The second-order valence-electron chi connectivity index (χ2n) is 6.97. The number of nitrogens with one attached hydrogen (secondary N) is 1. The lowest BCUT2D eigenvalue weighted by Crippen LogP contribution is -2.20. The van der Waals surface area contributed by atoms with Gasteiger partial charge in [-0.3, -0.25) is 9.59 Å². The topological polar surface area (TPSA) is 49.9 Å². The molecule has 3 nitrogen and oxygen atoms in total. The molecule has 1 aliphatic rings. The molecule has 5 aromatic rings. The van der Waals surface area contributed by atoms with Gasteiger partial charge in [-0.15, -0.1) is 0 Å². The first-order chi connectivity index (χ1) is 14.2. The van der Waals surface area contributed by atoms with Gasteiger partial charge in [0.15, 0.2) is 11.6 Å². The van der Waals surface area contributed by atoms with Crippen LogP contribution in [0, 0.1) is 0 Å². The second kappa shape index (κ2) is 8.80. The van der Waals surface area contributed by atoms with E-state index in [1.54, 1.807) is 48.5 Å². The van der Waals surface area contributed by atoms with Gasteiger partial charge < -0.3 is 4.98 Å². The third-order valence-electron chi connectivity index (χ3n) is 5.25. The van der Waals surface area contributed by atoms with Gasteiger partial charge in [-0.05, 0) is 12.1 Å². The van der Waals surface area contributed by atoms with Gasteiger partial charge in [-0.1, -0.05) is 99.8 Å². The van der Waals surface area contributed by atoms with E-state index in [9.17, 15) is 9.59 Å². The number of hydrogen-bond donors (Lipinski definition) is 1. The molecule has 0 fully saturated rings. The van der Waals surface area contributed by atoms with Gasteiger partial charge in [-0.2, -0.15) is 0 Å². The summed E-state index contributed by atoms with van der Waals surface area (Å²) in [5, 5.41) is 2.61. The van der Waals surface area contributed by atoms with Crippen LogP contribution in [0.1, 0.15) is 46.7 Å². The van der Waals surface area contributed by atoms with Gasteiger partial charge in [0.1, 0.15) is 0 Å². The first-order valence-electron chi connectivity index (χ1n) is 9.47. The van der Waals surface area contributed by atoms with Crippen LogP contribution in [0.5, 0.6) is 0 Å². The van der Waals surface area contributed by atoms with Crippen LogP contribution in [0.15, 0.2) is 97.1 Å². The van der Waals surface area contributed by atoms with E-state index in [2.05, 4.69) is 53.5 Å². The van der Waals surface area contributed by atoms with Crippen molar-refractivity contribution in [2.24, 2.45) is 0 Å². The monoisotopic (exact) mass is 407 g/mol. The van der Waals surface area contributed by atoms with Gasteiger partial charge in [0.25, 0.3) is 0 Å². The SMILES string of the molecule is C.C.O=C1c2ccccc2C(=O)c2ccccc21.c1ccc2c(c1)[nH]c1ccccc12. The minimum Gasteiger partial charge on any atom is -0.355 e. The second-order valence-corrected chi connectivity index (χ2v) is 6.97. The van der Waals surface area contributed by atoms with Gasteiger partial charge >= 0.3 is 0 Å². The fourth-order valence-corrected chi connectivity index (χ4v) is 3.85. The number of rotatable bonds is 0. The quantitative estimate of drug-likeness (QED) is 0.293. The predicted molar refractivity (Wildman–Crippen MR) is 129 cm³/mol. The highest BCUT2D eigenvalue weighted by atomic mass is 16.1. The van der Waals surface area contributed by atoms with Crippen LogP contribution in [-0.4, -0.2) is 16.6 Å². The number of aromatic amines is 1. The number of ketones is 2. The molecule has 1 aliphatic carbocycles. The van der Waals surface area contributed by atoms with Crippen molar-refractivity contribution in [1.82, 2.24) is 4.98 Å². The average Bonchev–Trinajstić information content (AvgIpc) is 3.17. The fourth-order valence-electron chi connectivity index (χ4n) is 3.85. The zero-order chi connectivity index (χ0) is 19.8. The van der Waals surface area contributed by atoms with Crippen LogP contribution in [0.4, 0.5) is 0 Å². The molecule has 0 saturated carbocycles. The van der Waals surface area contributed by atoms with E-state index in [-0.39, 0.29) is 26.4 Å². The summed E-state index contributed by atoms with van der Waals surface area (Å²) in [6.07, 6.45) is 0. The number of aromatic nitrogens is 1. The van der Waals surface area contributed by atoms with E-state index in [1.807, 2.05) is 0 Å². The number of carbonyl (C=O) groups excluding carboxylic acids is 2. The molecule has 0 atom stereocenters. The van der Waals surface area contributed by atoms with Crippen LogP contribution < -0.4 is 0 Å². The Morgan fingerprint density at radius 1 is 0.419 bits per heavy atom. The molecule has 31 heavy (non-hydrogen) atoms. The van der Waals surface area contributed by atoms with Gasteiger partial charge in [-0.25, -0.2) is 0 Å². The zero-order valence-electron chi connectivity index (χ0n) is 15.6. The van der Waals surface area contributed by atoms with E-state index in [1.165, 1.54) is 21.8 Å². The Morgan fingerprint density at radius 2 is 0.710 bits per heavy atom. The Kier molecular flexibility index (Phi) is 6.17. The summed E-state index contributed by atoms with van der Waals surface area (Å²) in [5.74, 6) is -0.128. The van der Waals surface area contributed by atoms with Crippen molar-refractivity contribution in [3.8, 4) is 0 Å². The van der Waals surface area contributed by atoms with E-state index >= 15 is 0 Å². The lowest BCUT2D eigenvalue weighted by atomic mass is 9.84. The first kappa shape index (κ1) is 21.7. The molecule has 4 aromatic carbocycles. The molecular weight excluding hydrogens is 382 g/mol. The highest BCUT2D eigenvalue weighted by Gasteiger charge is 2.28. The Balaban J connectivity index is 0.000000168. The summed E-state index contributed by atoms with van der Waals surface area (Å²) < 4.78 is 0. The van der Waals surface area contributed by atoms with Gasteiger partial charge in [0, 0.05) is 44.1 Å². The molecule has 1 aromatic heterocycles. The van der Waals surface area contributed by atoms with Crippen LogP contribution >= 0.6 is 0 Å². The number of fused-ring (bicyclic) bond motifs is 5. The van der Waals surface area contributed by atoms with Crippen LogP contribution in [0.25, 0.3) is 21.8 Å². The normalized spacial score (nSPS) is 11.5. The fraction of sp³-hybridized carbons (Fsp3) is 0.0714. The number of benzene rings is 4. The maximum absolute atomic E-state index is 12.1. The average molecular weight is 408 g/mol. The molecule has 1 heterocycles. The molecule has 0 radical (unpaired) electrons. The lowest BCUT2D eigenvalue weighted by molar-refractivity contribution is 0.0979. The van der Waals surface area contributed by atoms with E-state index in [4.69, 9.17) is 0 Å². The molecule has 0 spiro atoms. The number of carbonyl (C=O) groups is 2. The minimum absolute atomic E-state index is 0. The largest absolute Gasteiger partial charge is 0.355 e. The van der Waals surface area contributed by atoms with Gasteiger partial charge in [0.2, 0.25) is 0 Å². The van der Waals surface area contributed by atoms with Crippen LogP contribution in [0.3, 0.4) is 0 Å². The van der Waals surface area contributed by atoms with Crippen molar-refractivity contribution >= 4 is 33.4 Å². The third-order valence-corrected chi connectivity index (χ3v) is 5.25. The molecule has 0 saturated heterocycles. The maximum atomic E-state index is 12.1. The first-order valence-corrected chi connectivity index (χ1v) is 9.47. The Hall–Kier alpha value is -3.98. The minimum atomic E-state index is -0.0641. The summed E-state index contributed by atoms with van der Waals surface area (Å²) in [4.78, 5) is 27.6. The van der Waals surface area contributed by atoms with Crippen molar-refractivity contribution in [2.45, 2.75) is 14.9 Å². The highest BCUT2D eigenvalue weighted by molar-refractivity contribution is 6.28. The van der Waals surface area contributed by atoms with Crippen molar-refractivity contribution in [3.05, 3.63) is 119 Å². The summed E-state index contributed by atoms with van der Waals surface area (Å²) >= 11 is 0. The molecular formula is C28H25NO2. The summed E-state index contributed by atoms with van der Waals surface area (Å²) in [5.41, 5.74) is 4.45. The molecule has 0 amide bonds. The Labute approximate surface area is 182 Å². The maximum Gasteiger partial charge on any atom is 0.194 e. The number of para-hydroxylation sites is 2. The Morgan fingerprint density at radius 3 is 1.06 bits per heavy atom. The lowest BCUT2D eigenvalue weighted by Gasteiger charge is -2.16. The molecule has 0 bridgehead atoms. The van der Waals surface area contributed by atoms with Crippen molar-refractivity contribution < 1.29 is 9.59 Å². The van der Waals surface area contributed by atoms with Crippen molar-refractivity contribution in [3.63, 3.8) is 0 Å². The van der Waals surface area contributed by atoms with E-state index < -0.39 is 0 Å². The highest BCUT2D eigenvalue weighted by Crippen LogP contribution is 2.26. The third kappa shape index (κ3) is 3.66. The molecule has 0 unspecified atom stereocenters. The van der Waals surface area contributed by atoms with E-state index in [0.717, 1.165) is 0 Å². The zero-order valence-corrected chi connectivity index (χ0v) is 15.6. The summed E-state index contributed by atoms with van der Waals surface area (Å²) in [7, 11) is 0. The number of hydrogen-bond acceptors (Lipinski definition) is 2. The van der Waals surface area contributed by atoms with Crippen molar-refractivity contribution in [1.29, 1.82) is 0 Å². The van der Waals surface area contributed by atoms with E-state index in [0.29, 0.717) is 22.3 Å².